The normalized spacial score (nSPS) is 13.2. The van der Waals surface area contributed by atoms with Crippen LogP contribution in [0.15, 0.2) is 46.6 Å². The molecule has 0 aromatic carbocycles. The van der Waals surface area contributed by atoms with Crippen molar-refractivity contribution < 1.29 is 9.90 Å². The van der Waals surface area contributed by atoms with Crippen molar-refractivity contribution in [1.29, 1.82) is 0 Å². The van der Waals surface area contributed by atoms with Crippen molar-refractivity contribution >= 4 is 5.97 Å². The highest BCUT2D eigenvalue weighted by molar-refractivity contribution is 5.80. The van der Waals surface area contributed by atoms with Gasteiger partial charge in [0, 0.05) is 6.08 Å². The van der Waals surface area contributed by atoms with Crippen LogP contribution in [0.5, 0.6) is 0 Å². The number of carboxylic acids is 1. The first-order valence-corrected chi connectivity index (χ1v) is 8.16. The summed E-state index contributed by atoms with van der Waals surface area (Å²) in [7, 11) is 0. The molecule has 0 rings (SSSR count). The van der Waals surface area contributed by atoms with E-state index in [1.54, 1.807) is 0 Å². The van der Waals surface area contributed by atoms with Gasteiger partial charge < -0.3 is 5.11 Å². The first-order valence-electron chi connectivity index (χ1n) is 8.16. The third kappa shape index (κ3) is 13.4. The van der Waals surface area contributed by atoms with E-state index in [4.69, 9.17) is 5.11 Å². The Hall–Kier alpha value is -1.57. The Morgan fingerprint density at radius 2 is 1.14 bits per heavy atom. The van der Waals surface area contributed by atoms with Crippen LogP contribution in [0.4, 0.5) is 0 Å². The monoisotopic (exact) mass is 306 g/mol. The van der Waals surface area contributed by atoms with Gasteiger partial charge in [0.05, 0.1) is 0 Å². The number of carbonyl (C=O) groups is 1. The van der Waals surface area contributed by atoms with Crippen molar-refractivity contribution in [3.05, 3.63) is 46.6 Å². The van der Waals surface area contributed by atoms with E-state index in [1.807, 2.05) is 6.92 Å². The van der Waals surface area contributed by atoms with Gasteiger partial charge in [0.25, 0.3) is 0 Å². The number of hydrogen-bond donors (Lipinski definition) is 1. The molecule has 0 fully saturated rings. The third-order valence-corrected chi connectivity index (χ3v) is 3.52. The van der Waals surface area contributed by atoms with E-state index >= 15 is 0 Å². The van der Waals surface area contributed by atoms with Gasteiger partial charge in [-0.3, -0.25) is 0 Å². The van der Waals surface area contributed by atoms with Gasteiger partial charge in [0.15, 0.2) is 0 Å². The molecular weight excluding hydrogens is 274 g/mol. The van der Waals surface area contributed by atoms with Crippen molar-refractivity contribution in [1.82, 2.24) is 0 Å². The van der Waals surface area contributed by atoms with E-state index in [0.29, 0.717) is 0 Å². The van der Waals surface area contributed by atoms with Gasteiger partial charge in [0.1, 0.15) is 0 Å². The molecule has 0 aromatic heterocycles. The maximum absolute atomic E-state index is 10.5. The van der Waals surface area contributed by atoms with E-state index < -0.39 is 5.97 Å². The maximum atomic E-state index is 10.5. The van der Waals surface area contributed by atoms with E-state index in [1.165, 1.54) is 22.8 Å². The molecule has 0 amide bonds. The topological polar surface area (TPSA) is 37.3 Å². The molecule has 0 atom stereocenters. The molecule has 2 nitrogen and oxygen atoms in total. The molecule has 0 saturated carbocycles. The second-order valence-corrected chi connectivity index (χ2v) is 6.33. The van der Waals surface area contributed by atoms with Crippen LogP contribution < -0.4 is 0 Å². The predicted octanol–water partition coefficient (Wildman–Crippen LogP) is 6.22. The Bertz CT molecular complexity index is 458. The van der Waals surface area contributed by atoms with Crippen LogP contribution in [0.2, 0.25) is 0 Å². The Labute approximate surface area is 136 Å². The summed E-state index contributed by atoms with van der Waals surface area (Å²) in [5.41, 5.74) is 5.16. The van der Waals surface area contributed by atoms with Crippen molar-refractivity contribution in [3.8, 4) is 0 Å². The highest BCUT2D eigenvalue weighted by Crippen LogP contribution is 2.13. The third-order valence-electron chi connectivity index (χ3n) is 3.52. The summed E-state index contributed by atoms with van der Waals surface area (Å²) in [6, 6.07) is 0. The van der Waals surface area contributed by atoms with Gasteiger partial charge >= 0.3 is 5.97 Å². The van der Waals surface area contributed by atoms with Gasteiger partial charge in [-0.15, -0.1) is 0 Å². The van der Waals surface area contributed by atoms with Gasteiger partial charge in [-0.1, -0.05) is 40.5 Å². The molecule has 0 aliphatic heterocycles. The summed E-state index contributed by atoms with van der Waals surface area (Å²) in [6.45, 7) is 10.5. The Kier molecular flexibility index (Phi) is 11.2. The van der Waals surface area contributed by atoms with Crippen LogP contribution in [0.25, 0.3) is 0 Å². The molecule has 0 spiro atoms. The lowest BCUT2D eigenvalue weighted by Gasteiger charge is -2.02. The Morgan fingerprint density at radius 1 is 0.727 bits per heavy atom. The Morgan fingerprint density at radius 3 is 1.55 bits per heavy atom. The van der Waals surface area contributed by atoms with Gasteiger partial charge in [0.2, 0.25) is 0 Å². The smallest absolute Gasteiger partial charge is 0.328 e. The molecule has 0 radical (unpaired) electrons. The summed E-state index contributed by atoms with van der Waals surface area (Å²) >= 11 is 0. The fourth-order valence-electron chi connectivity index (χ4n) is 2.17. The molecule has 0 aliphatic rings. The zero-order valence-electron chi connectivity index (χ0n) is 14.9. The van der Waals surface area contributed by atoms with Crippen LogP contribution in [-0.2, 0) is 4.79 Å². The zero-order valence-corrected chi connectivity index (χ0v) is 14.9. The minimum absolute atomic E-state index is 0.821. The van der Waals surface area contributed by atoms with E-state index in [2.05, 4.69) is 45.9 Å². The number of carboxylic acid groups (broad SMARTS) is 1. The summed E-state index contributed by atoms with van der Waals surface area (Å²) in [5.74, 6) is -0.855. The predicted molar refractivity (Wildman–Crippen MR) is 96.0 cm³/mol. The second-order valence-electron chi connectivity index (χ2n) is 6.33. The minimum Gasteiger partial charge on any atom is -0.478 e. The fourth-order valence-corrected chi connectivity index (χ4v) is 2.17. The molecule has 0 bridgehead atoms. The first kappa shape index (κ1) is 20.4. The summed E-state index contributed by atoms with van der Waals surface area (Å²) < 4.78 is 0. The molecule has 0 aromatic rings. The number of rotatable bonds is 10. The van der Waals surface area contributed by atoms with Crippen LogP contribution in [0.1, 0.15) is 73.1 Å². The minimum atomic E-state index is -0.855. The van der Waals surface area contributed by atoms with Crippen LogP contribution in [0, 0.1) is 0 Å². The number of hydrogen-bond acceptors (Lipinski definition) is 1. The summed E-state index contributed by atoms with van der Waals surface area (Å²) in [5, 5.41) is 8.65. The molecule has 1 N–H and O–H groups in total. The van der Waals surface area contributed by atoms with Crippen LogP contribution in [-0.4, -0.2) is 11.1 Å². The summed E-state index contributed by atoms with van der Waals surface area (Å²) in [4.78, 5) is 10.5. The van der Waals surface area contributed by atoms with Crippen molar-refractivity contribution in [2.75, 3.05) is 0 Å². The number of allylic oxidation sites excluding steroid dienone is 7. The molecule has 0 heterocycles. The quantitative estimate of drug-likeness (QED) is 0.295. The Balaban J connectivity index is 4.01. The highest BCUT2D eigenvalue weighted by Gasteiger charge is 1.95. The van der Waals surface area contributed by atoms with Crippen molar-refractivity contribution in [3.63, 3.8) is 0 Å². The molecule has 22 heavy (non-hydrogen) atoms. The van der Waals surface area contributed by atoms with Crippen LogP contribution in [0.3, 0.4) is 0 Å². The van der Waals surface area contributed by atoms with Crippen molar-refractivity contribution in [2.24, 2.45) is 0 Å². The van der Waals surface area contributed by atoms with Gasteiger partial charge in [-0.2, -0.15) is 0 Å². The molecule has 0 aliphatic carbocycles. The lowest BCUT2D eigenvalue weighted by molar-refractivity contribution is -0.131. The fraction of sp³-hybridized carbons (Fsp3) is 0.550. The first-order chi connectivity index (χ1) is 10.3. The van der Waals surface area contributed by atoms with Crippen LogP contribution >= 0.6 is 0 Å². The second kappa shape index (κ2) is 12.0. The van der Waals surface area contributed by atoms with Gasteiger partial charge in [-0.25, -0.2) is 4.79 Å². The molecule has 124 valence electrons. The maximum Gasteiger partial charge on any atom is 0.328 e. The average molecular weight is 306 g/mol. The SMILES string of the molecule is CC(C)=CCC/C(C)=C/CC/C(C)=C/CC/[13C]([13CH3])=C\C(=O)O. The van der Waals surface area contributed by atoms with Gasteiger partial charge in [-0.05, 0) is 73.1 Å². The largest absolute Gasteiger partial charge is 0.478 e. The lowest BCUT2D eigenvalue weighted by atomic mass is 10.1. The van der Waals surface area contributed by atoms with E-state index in [-0.39, 0.29) is 0 Å². The van der Waals surface area contributed by atoms with E-state index in [9.17, 15) is 4.79 Å². The summed E-state index contributed by atoms with van der Waals surface area (Å²) in [6.07, 6.45) is 14.3. The molecule has 2 heteroatoms. The molecule has 0 unspecified atom stereocenters. The molecular formula is C20H32O2. The lowest BCUT2D eigenvalue weighted by Crippen LogP contribution is -1.89. The van der Waals surface area contributed by atoms with Crippen molar-refractivity contribution in [2.45, 2.75) is 73.1 Å². The highest BCUT2D eigenvalue weighted by atomic mass is 16.4. The number of aliphatic carboxylic acids is 1. The average Bonchev–Trinajstić information content (AvgIpc) is 2.37. The molecule has 0 saturated heterocycles. The van der Waals surface area contributed by atoms with E-state index in [0.717, 1.165) is 44.1 Å². The zero-order chi connectivity index (χ0) is 17.0. The standard InChI is InChI=1S/C20H32O2/c1-16(2)9-6-10-17(3)11-7-12-18(4)13-8-14-19(5)15-20(21)22/h9,11,13,15H,6-8,10,12,14H2,1-5H3,(H,21,22)/b17-11+,18-13+,19-15-/i5+1,19+1.